The SMILES string of the molecule is CCCCCCC=CC12C=CC(CC1)C2. The van der Waals surface area contributed by atoms with Gasteiger partial charge < -0.3 is 0 Å². The van der Waals surface area contributed by atoms with Crippen molar-refractivity contribution in [1.82, 2.24) is 0 Å². The van der Waals surface area contributed by atoms with Gasteiger partial charge in [-0.2, -0.15) is 0 Å². The molecule has 0 saturated heterocycles. The minimum Gasteiger partial charge on any atom is -0.0877 e. The summed E-state index contributed by atoms with van der Waals surface area (Å²) in [5.74, 6) is 0.912. The minimum absolute atomic E-state index is 0.495. The second-order valence-corrected chi connectivity index (χ2v) is 5.35. The summed E-state index contributed by atoms with van der Waals surface area (Å²) in [5, 5.41) is 0. The third-order valence-corrected chi connectivity index (χ3v) is 4.00. The summed E-state index contributed by atoms with van der Waals surface area (Å²) in [5.41, 5.74) is 0.495. The predicted molar refractivity (Wildman–Crippen MR) is 66.8 cm³/mol. The Morgan fingerprint density at radius 1 is 1.33 bits per heavy atom. The fourth-order valence-corrected chi connectivity index (χ4v) is 3.00. The highest BCUT2D eigenvalue weighted by atomic mass is 14.4. The van der Waals surface area contributed by atoms with Crippen molar-refractivity contribution in [2.75, 3.05) is 0 Å². The maximum Gasteiger partial charge on any atom is 0.00668 e. The van der Waals surface area contributed by atoms with Crippen LogP contribution in [0.15, 0.2) is 24.3 Å². The van der Waals surface area contributed by atoms with E-state index in [2.05, 4.69) is 31.2 Å². The zero-order chi connectivity index (χ0) is 10.6. The molecule has 0 radical (unpaired) electrons. The van der Waals surface area contributed by atoms with E-state index in [1.54, 1.807) is 0 Å². The van der Waals surface area contributed by atoms with Crippen LogP contribution in [0.2, 0.25) is 0 Å². The highest BCUT2D eigenvalue weighted by Gasteiger charge is 2.38. The van der Waals surface area contributed by atoms with Crippen LogP contribution in [0, 0.1) is 11.3 Å². The monoisotopic (exact) mass is 204 g/mol. The number of rotatable bonds is 6. The molecule has 0 aromatic carbocycles. The van der Waals surface area contributed by atoms with Crippen molar-refractivity contribution >= 4 is 0 Å². The van der Waals surface area contributed by atoms with Crippen molar-refractivity contribution in [3.8, 4) is 0 Å². The molecule has 0 N–H and O–H groups in total. The second kappa shape index (κ2) is 5.01. The number of hydrogen-bond donors (Lipinski definition) is 0. The Balaban J connectivity index is 1.68. The fourth-order valence-electron chi connectivity index (χ4n) is 3.00. The van der Waals surface area contributed by atoms with Crippen molar-refractivity contribution in [1.29, 1.82) is 0 Å². The molecule has 0 spiro atoms. The maximum absolute atomic E-state index is 2.50. The van der Waals surface area contributed by atoms with E-state index in [9.17, 15) is 0 Å². The Bertz CT molecular complexity index is 249. The van der Waals surface area contributed by atoms with Crippen LogP contribution < -0.4 is 0 Å². The van der Waals surface area contributed by atoms with E-state index < -0.39 is 0 Å². The van der Waals surface area contributed by atoms with Gasteiger partial charge >= 0.3 is 0 Å². The highest BCUT2D eigenvalue weighted by molar-refractivity contribution is 5.22. The van der Waals surface area contributed by atoms with Gasteiger partial charge in [-0.15, -0.1) is 0 Å². The molecule has 2 rings (SSSR count). The summed E-state index contributed by atoms with van der Waals surface area (Å²) >= 11 is 0. The molecule has 2 atom stereocenters. The van der Waals surface area contributed by atoms with E-state index in [1.807, 2.05) is 0 Å². The van der Waals surface area contributed by atoms with Crippen molar-refractivity contribution in [3.05, 3.63) is 24.3 Å². The topological polar surface area (TPSA) is 0 Å². The van der Waals surface area contributed by atoms with Gasteiger partial charge in [0.05, 0.1) is 0 Å². The molecule has 2 bridgehead atoms. The lowest BCUT2D eigenvalue weighted by Crippen LogP contribution is -2.06. The normalized spacial score (nSPS) is 33.3. The Hall–Kier alpha value is -0.520. The summed E-state index contributed by atoms with van der Waals surface area (Å²) in [7, 11) is 0. The summed E-state index contributed by atoms with van der Waals surface area (Å²) in [6, 6.07) is 0. The van der Waals surface area contributed by atoms with Crippen molar-refractivity contribution in [2.24, 2.45) is 11.3 Å². The molecule has 15 heavy (non-hydrogen) atoms. The molecule has 0 aromatic rings. The van der Waals surface area contributed by atoms with Crippen LogP contribution >= 0.6 is 0 Å². The molecule has 2 aliphatic carbocycles. The Morgan fingerprint density at radius 2 is 2.27 bits per heavy atom. The highest BCUT2D eigenvalue weighted by Crippen LogP contribution is 2.50. The van der Waals surface area contributed by atoms with E-state index >= 15 is 0 Å². The summed E-state index contributed by atoms with van der Waals surface area (Å²) in [6.07, 6.45) is 20.9. The maximum atomic E-state index is 2.50. The van der Waals surface area contributed by atoms with E-state index in [0.717, 1.165) is 5.92 Å². The first kappa shape index (κ1) is 11.0. The van der Waals surface area contributed by atoms with Gasteiger partial charge in [0.25, 0.3) is 0 Å². The van der Waals surface area contributed by atoms with E-state index in [0.29, 0.717) is 5.41 Å². The summed E-state index contributed by atoms with van der Waals surface area (Å²) < 4.78 is 0. The predicted octanol–water partition coefficient (Wildman–Crippen LogP) is 4.87. The molecule has 2 unspecified atom stereocenters. The van der Waals surface area contributed by atoms with Crippen LogP contribution in [0.25, 0.3) is 0 Å². The first-order chi connectivity index (χ1) is 7.35. The van der Waals surface area contributed by atoms with E-state index in [4.69, 9.17) is 0 Å². The van der Waals surface area contributed by atoms with Crippen molar-refractivity contribution in [2.45, 2.75) is 58.3 Å². The number of unbranched alkanes of at least 4 members (excludes halogenated alkanes) is 4. The Morgan fingerprint density at radius 3 is 2.87 bits per heavy atom. The molecule has 0 aliphatic heterocycles. The first-order valence-corrected chi connectivity index (χ1v) is 6.72. The molecule has 1 fully saturated rings. The van der Waals surface area contributed by atoms with Crippen LogP contribution in [0.3, 0.4) is 0 Å². The molecular weight excluding hydrogens is 180 g/mol. The molecule has 0 heterocycles. The van der Waals surface area contributed by atoms with Crippen molar-refractivity contribution < 1.29 is 0 Å². The smallest absolute Gasteiger partial charge is 0.00668 e. The van der Waals surface area contributed by atoms with Crippen LogP contribution in [-0.2, 0) is 0 Å². The van der Waals surface area contributed by atoms with Gasteiger partial charge in [0.1, 0.15) is 0 Å². The summed E-state index contributed by atoms with van der Waals surface area (Å²) in [6.45, 7) is 2.27. The second-order valence-electron chi connectivity index (χ2n) is 5.35. The number of fused-ring (bicyclic) bond motifs is 2. The molecule has 0 heteroatoms. The summed E-state index contributed by atoms with van der Waals surface area (Å²) in [4.78, 5) is 0. The molecule has 2 aliphatic rings. The van der Waals surface area contributed by atoms with Gasteiger partial charge in [0.15, 0.2) is 0 Å². The fraction of sp³-hybridized carbons (Fsp3) is 0.733. The van der Waals surface area contributed by atoms with Gasteiger partial charge in [-0.05, 0) is 38.0 Å². The zero-order valence-corrected chi connectivity index (χ0v) is 10.0. The van der Waals surface area contributed by atoms with Crippen LogP contribution in [0.1, 0.15) is 58.3 Å². The standard InChI is InChI=1S/C15H24/c1-2-3-4-5-6-7-10-15-11-8-14(13-15)9-12-15/h7-8,10-11,14H,2-6,9,12-13H2,1H3. The largest absolute Gasteiger partial charge is 0.0877 e. The average molecular weight is 204 g/mol. The lowest BCUT2D eigenvalue weighted by atomic mass is 9.87. The van der Waals surface area contributed by atoms with E-state index in [-0.39, 0.29) is 0 Å². The average Bonchev–Trinajstić information content (AvgIpc) is 2.83. The lowest BCUT2D eigenvalue weighted by Gasteiger charge is -2.17. The van der Waals surface area contributed by atoms with Crippen LogP contribution in [0.4, 0.5) is 0 Å². The molecule has 1 saturated carbocycles. The Labute approximate surface area is 94.5 Å². The third-order valence-electron chi connectivity index (χ3n) is 4.00. The zero-order valence-electron chi connectivity index (χ0n) is 10.0. The quantitative estimate of drug-likeness (QED) is 0.428. The molecule has 0 aromatic heterocycles. The lowest BCUT2D eigenvalue weighted by molar-refractivity contribution is 0.521. The number of hydrogen-bond acceptors (Lipinski definition) is 0. The molecular formula is C15H24. The van der Waals surface area contributed by atoms with Crippen LogP contribution in [-0.4, -0.2) is 0 Å². The van der Waals surface area contributed by atoms with Gasteiger partial charge in [0.2, 0.25) is 0 Å². The van der Waals surface area contributed by atoms with Crippen LogP contribution in [0.5, 0.6) is 0 Å². The minimum atomic E-state index is 0.495. The molecule has 0 amide bonds. The van der Waals surface area contributed by atoms with Crippen molar-refractivity contribution in [3.63, 3.8) is 0 Å². The van der Waals surface area contributed by atoms with Gasteiger partial charge in [-0.25, -0.2) is 0 Å². The van der Waals surface area contributed by atoms with Gasteiger partial charge in [-0.1, -0.05) is 50.5 Å². The molecule has 84 valence electrons. The third kappa shape index (κ3) is 2.74. The first-order valence-electron chi connectivity index (χ1n) is 6.72. The molecule has 0 nitrogen and oxygen atoms in total. The van der Waals surface area contributed by atoms with Gasteiger partial charge in [0, 0.05) is 5.41 Å². The number of allylic oxidation sites excluding steroid dienone is 4. The Kier molecular flexibility index (Phi) is 3.66. The van der Waals surface area contributed by atoms with E-state index in [1.165, 1.54) is 51.4 Å². The van der Waals surface area contributed by atoms with Gasteiger partial charge in [-0.3, -0.25) is 0 Å².